The Labute approximate surface area is 139 Å². The van der Waals surface area contributed by atoms with Gasteiger partial charge in [0.1, 0.15) is 0 Å². The van der Waals surface area contributed by atoms with Crippen molar-refractivity contribution < 1.29 is 4.79 Å². The van der Waals surface area contributed by atoms with Crippen LogP contribution in [0.1, 0.15) is 51.4 Å². The molecule has 1 saturated heterocycles. The van der Waals surface area contributed by atoms with Gasteiger partial charge in [0, 0.05) is 25.0 Å². The highest BCUT2D eigenvalue weighted by molar-refractivity contribution is 5.95. The molecule has 3 rings (SSSR count). The first kappa shape index (κ1) is 16.3. The monoisotopic (exact) mass is 315 g/mol. The van der Waals surface area contributed by atoms with Gasteiger partial charge in [0.2, 0.25) is 5.91 Å². The highest BCUT2D eigenvalue weighted by Gasteiger charge is 2.26. The van der Waals surface area contributed by atoms with Crippen LogP contribution in [0.25, 0.3) is 0 Å². The topological polar surface area (TPSA) is 58.4 Å². The van der Waals surface area contributed by atoms with E-state index in [2.05, 4.69) is 22.3 Å². The van der Waals surface area contributed by atoms with Crippen LogP contribution in [-0.4, -0.2) is 25.0 Å². The summed E-state index contributed by atoms with van der Waals surface area (Å²) in [6.45, 7) is 2.17. The number of benzene rings is 1. The number of amides is 1. The molecule has 2 atom stereocenters. The summed E-state index contributed by atoms with van der Waals surface area (Å²) in [7, 11) is 0. The summed E-state index contributed by atoms with van der Waals surface area (Å²) in [6, 6.07) is 8.41. The Morgan fingerprint density at radius 3 is 2.52 bits per heavy atom. The summed E-state index contributed by atoms with van der Waals surface area (Å²) in [5, 5.41) is 3.18. The summed E-state index contributed by atoms with van der Waals surface area (Å²) in [5.41, 5.74) is 8.16. The molecule has 3 N–H and O–H groups in total. The molecule has 2 aliphatic rings. The van der Waals surface area contributed by atoms with Crippen LogP contribution in [0, 0.1) is 5.92 Å². The molecule has 2 fully saturated rings. The van der Waals surface area contributed by atoms with Crippen LogP contribution >= 0.6 is 0 Å². The number of hydrogen-bond donors (Lipinski definition) is 2. The maximum Gasteiger partial charge on any atom is 0.227 e. The van der Waals surface area contributed by atoms with Crippen molar-refractivity contribution in [1.29, 1.82) is 0 Å². The third kappa shape index (κ3) is 4.25. The quantitative estimate of drug-likeness (QED) is 0.897. The van der Waals surface area contributed by atoms with Gasteiger partial charge in [0.15, 0.2) is 0 Å². The molecule has 126 valence electrons. The largest absolute Gasteiger partial charge is 0.370 e. The number of nitrogens with zero attached hydrogens (tertiary/aromatic N) is 1. The van der Waals surface area contributed by atoms with Gasteiger partial charge in [0.05, 0.1) is 11.4 Å². The molecule has 23 heavy (non-hydrogen) atoms. The van der Waals surface area contributed by atoms with Gasteiger partial charge in [-0.25, -0.2) is 0 Å². The zero-order valence-electron chi connectivity index (χ0n) is 14.0. The average molecular weight is 315 g/mol. The summed E-state index contributed by atoms with van der Waals surface area (Å²) >= 11 is 0. The number of nitrogens with two attached hydrogens (primary N) is 1. The Kier molecular flexibility index (Phi) is 5.55. The number of rotatable bonds is 3. The number of hydrogen-bond acceptors (Lipinski definition) is 3. The summed E-state index contributed by atoms with van der Waals surface area (Å²) < 4.78 is 0. The van der Waals surface area contributed by atoms with Crippen LogP contribution < -0.4 is 16.0 Å². The molecule has 0 radical (unpaired) electrons. The molecule has 1 aromatic rings. The van der Waals surface area contributed by atoms with E-state index in [4.69, 9.17) is 5.73 Å². The minimum atomic E-state index is 0.0657. The molecule has 0 spiro atoms. The fourth-order valence-electron chi connectivity index (χ4n) is 3.87. The van der Waals surface area contributed by atoms with Crippen LogP contribution in [0.5, 0.6) is 0 Å². The van der Waals surface area contributed by atoms with Crippen molar-refractivity contribution in [2.24, 2.45) is 11.7 Å². The minimum absolute atomic E-state index is 0.0657. The van der Waals surface area contributed by atoms with E-state index in [1.54, 1.807) is 0 Å². The second-order valence-corrected chi connectivity index (χ2v) is 7.03. The van der Waals surface area contributed by atoms with Crippen LogP contribution in [-0.2, 0) is 4.79 Å². The number of para-hydroxylation sites is 2. The number of nitrogens with one attached hydrogen (secondary N) is 1. The van der Waals surface area contributed by atoms with Crippen molar-refractivity contribution in [1.82, 2.24) is 0 Å². The second kappa shape index (κ2) is 7.82. The maximum absolute atomic E-state index is 12.6. The smallest absolute Gasteiger partial charge is 0.227 e. The zero-order valence-corrected chi connectivity index (χ0v) is 14.0. The molecular weight excluding hydrogens is 286 g/mol. The molecule has 0 aromatic heterocycles. The normalized spacial score (nSPS) is 25.7. The van der Waals surface area contributed by atoms with Gasteiger partial charge in [-0.3, -0.25) is 4.79 Å². The van der Waals surface area contributed by atoms with Crippen molar-refractivity contribution in [3.63, 3.8) is 0 Å². The van der Waals surface area contributed by atoms with E-state index in [0.29, 0.717) is 0 Å². The SMILES string of the molecule is NC1CCCC(C(=O)Nc2ccccc2N2CCCCCC2)C1. The molecule has 2 unspecified atom stereocenters. The Bertz CT molecular complexity index is 523. The first-order chi connectivity index (χ1) is 11.2. The number of carbonyl (C=O) groups excluding carboxylic acids is 1. The van der Waals surface area contributed by atoms with E-state index in [1.807, 2.05) is 12.1 Å². The van der Waals surface area contributed by atoms with E-state index >= 15 is 0 Å². The van der Waals surface area contributed by atoms with Gasteiger partial charge < -0.3 is 16.0 Å². The van der Waals surface area contributed by atoms with E-state index < -0.39 is 0 Å². The first-order valence-corrected chi connectivity index (χ1v) is 9.14. The molecule has 1 aliphatic heterocycles. The van der Waals surface area contributed by atoms with Crippen LogP contribution in [0.4, 0.5) is 11.4 Å². The molecular formula is C19H29N3O. The predicted octanol–water partition coefficient (Wildman–Crippen LogP) is 3.52. The van der Waals surface area contributed by atoms with Crippen LogP contribution in [0.15, 0.2) is 24.3 Å². The number of carbonyl (C=O) groups is 1. The molecule has 4 heteroatoms. The molecule has 1 amide bonds. The van der Waals surface area contributed by atoms with Crippen molar-refractivity contribution in [2.75, 3.05) is 23.3 Å². The summed E-state index contributed by atoms with van der Waals surface area (Å²) in [4.78, 5) is 15.1. The third-order valence-electron chi connectivity index (χ3n) is 5.19. The molecule has 1 saturated carbocycles. The predicted molar refractivity (Wildman–Crippen MR) is 95.7 cm³/mol. The van der Waals surface area contributed by atoms with E-state index in [1.165, 1.54) is 31.4 Å². The van der Waals surface area contributed by atoms with E-state index in [0.717, 1.165) is 44.5 Å². The van der Waals surface area contributed by atoms with Gasteiger partial charge in [-0.1, -0.05) is 31.4 Å². The molecule has 1 aliphatic carbocycles. The van der Waals surface area contributed by atoms with Gasteiger partial charge in [-0.2, -0.15) is 0 Å². The van der Waals surface area contributed by atoms with E-state index in [-0.39, 0.29) is 17.9 Å². The van der Waals surface area contributed by atoms with E-state index in [9.17, 15) is 4.79 Å². The van der Waals surface area contributed by atoms with Gasteiger partial charge in [-0.05, 0) is 44.2 Å². The first-order valence-electron chi connectivity index (χ1n) is 9.14. The minimum Gasteiger partial charge on any atom is -0.370 e. The maximum atomic E-state index is 12.6. The highest BCUT2D eigenvalue weighted by Crippen LogP contribution is 2.30. The van der Waals surface area contributed by atoms with Crippen LogP contribution in [0.3, 0.4) is 0 Å². The van der Waals surface area contributed by atoms with Crippen molar-refractivity contribution in [3.05, 3.63) is 24.3 Å². The summed E-state index contributed by atoms with van der Waals surface area (Å²) in [6.07, 6.45) is 8.99. The fraction of sp³-hybridized carbons (Fsp3) is 0.632. The zero-order chi connectivity index (χ0) is 16.1. The Morgan fingerprint density at radius 1 is 1.04 bits per heavy atom. The van der Waals surface area contributed by atoms with Gasteiger partial charge in [0.25, 0.3) is 0 Å². The Balaban J connectivity index is 1.70. The van der Waals surface area contributed by atoms with Crippen molar-refractivity contribution in [2.45, 2.75) is 57.4 Å². The molecule has 1 aromatic carbocycles. The number of anilines is 2. The lowest BCUT2D eigenvalue weighted by Crippen LogP contribution is -2.34. The molecule has 1 heterocycles. The lowest BCUT2D eigenvalue weighted by molar-refractivity contribution is -0.120. The lowest BCUT2D eigenvalue weighted by Gasteiger charge is -2.28. The second-order valence-electron chi connectivity index (χ2n) is 7.03. The van der Waals surface area contributed by atoms with Crippen LogP contribution in [0.2, 0.25) is 0 Å². The van der Waals surface area contributed by atoms with Crippen molar-refractivity contribution >= 4 is 17.3 Å². The highest BCUT2D eigenvalue weighted by atomic mass is 16.1. The Hall–Kier alpha value is -1.55. The fourth-order valence-corrected chi connectivity index (χ4v) is 3.87. The molecule has 0 bridgehead atoms. The molecule has 4 nitrogen and oxygen atoms in total. The standard InChI is InChI=1S/C19H29N3O/c20-16-9-7-8-15(14-16)19(23)21-17-10-3-4-11-18(17)22-12-5-1-2-6-13-22/h3-4,10-11,15-16H,1-2,5-9,12-14,20H2,(H,21,23). The third-order valence-corrected chi connectivity index (χ3v) is 5.19. The lowest BCUT2D eigenvalue weighted by atomic mass is 9.85. The van der Waals surface area contributed by atoms with Crippen molar-refractivity contribution in [3.8, 4) is 0 Å². The average Bonchev–Trinajstić information content (AvgIpc) is 2.84. The Morgan fingerprint density at radius 2 is 1.78 bits per heavy atom. The van der Waals surface area contributed by atoms with Gasteiger partial charge >= 0.3 is 0 Å². The summed E-state index contributed by atoms with van der Waals surface area (Å²) in [5.74, 6) is 0.207. The van der Waals surface area contributed by atoms with Gasteiger partial charge in [-0.15, -0.1) is 0 Å².